The number of ether oxygens (including phenoxy) is 1. The summed E-state index contributed by atoms with van der Waals surface area (Å²) in [5, 5.41) is 5.62. The van der Waals surface area contributed by atoms with E-state index in [1.807, 2.05) is 24.3 Å². The molecular weight excluding hydrogens is 330 g/mol. The van der Waals surface area contributed by atoms with Gasteiger partial charge in [0.05, 0.1) is 6.61 Å². The summed E-state index contributed by atoms with van der Waals surface area (Å²) in [7, 11) is 1.57. The van der Waals surface area contributed by atoms with Crippen LogP contribution in [0.4, 0.5) is 5.69 Å². The minimum Gasteiger partial charge on any atom is -0.383 e. The molecule has 0 unspecified atom stereocenters. The lowest BCUT2D eigenvalue weighted by molar-refractivity contribution is 0.0937. The van der Waals surface area contributed by atoms with Gasteiger partial charge in [-0.05, 0) is 29.2 Å². The van der Waals surface area contributed by atoms with Crippen LogP contribution in [0.15, 0.2) is 42.6 Å². The van der Waals surface area contributed by atoms with E-state index in [0.29, 0.717) is 18.7 Å². The van der Waals surface area contributed by atoms with Crippen LogP contribution in [0.2, 0.25) is 0 Å². The number of anilines is 1. The van der Waals surface area contributed by atoms with Gasteiger partial charge >= 0.3 is 0 Å². The summed E-state index contributed by atoms with van der Waals surface area (Å²) in [6.45, 7) is 7.08. The monoisotopic (exact) mass is 355 g/mol. The average Bonchev–Trinajstić information content (AvgIpc) is 2.61. The maximum atomic E-state index is 12.6. The normalized spacial score (nSPS) is 11.1. The SMILES string of the molecule is COCCNC(=O)c1ccnc(C(=O)Nc2ccccc2C(C)(C)C)c1. The molecule has 0 aliphatic carbocycles. The van der Waals surface area contributed by atoms with Gasteiger partial charge in [-0.3, -0.25) is 14.6 Å². The number of nitrogens with one attached hydrogen (secondary N) is 2. The second kappa shape index (κ2) is 8.58. The van der Waals surface area contributed by atoms with Crippen molar-refractivity contribution in [3.05, 3.63) is 59.4 Å². The maximum absolute atomic E-state index is 12.6. The van der Waals surface area contributed by atoms with Crippen molar-refractivity contribution in [3.8, 4) is 0 Å². The van der Waals surface area contributed by atoms with Gasteiger partial charge in [-0.25, -0.2) is 0 Å². The zero-order valence-electron chi connectivity index (χ0n) is 15.6. The Kier molecular flexibility index (Phi) is 6.46. The predicted molar refractivity (Wildman–Crippen MR) is 102 cm³/mol. The van der Waals surface area contributed by atoms with Gasteiger partial charge in [0.15, 0.2) is 0 Å². The minimum absolute atomic E-state index is 0.111. The van der Waals surface area contributed by atoms with Crippen molar-refractivity contribution in [1.29, 1.82) is 0 Å². The van der Waals surface area contributed by atoms with E-state index < -0.39 is 0 Å². The van der Waals surface area contributed by atoms with Crippen LogP contribution >= 0.6 is 0 Å². The fourth-order valence-electron chi connectivity index (χ4n) is 2.50. The van der Waals surface area contributed by atoms with Crippen LogP contribution in [0.25, 0.3) is 0 Å². The number of hydrogen-bond acceptors (Lipinski definition) is 4. The molecule has 2 aromatic rings. The van der Waals surface area contributed by atoms with Crippen LogP contribution < -0.4 is 10.6 Å². The number of rotatable bonds is 6. The number of hydrogen-bond donors (Lipinski definition) is 2. The number of aromatic nitrogens is 1. The fraction of sp³-hybridized carbons (Fsp3) is 0.350. The summed E-state index contributed by atoms with van der Waals surface area (Å²) in [6, 6.07) is 10.7. The third-order valence-electron chi connectivity index (χ3n) is 3.83. The van der Waals surface area contributed by atoms with E-state index in [2.05, 4.69) is 36.4 Å². The zero-order valence-corrected chi connectivity index (χ0v) is 15.6. The van der Waals surface area contributed by atoms with Crippen molar-refractivity contribution < 1.29 is 14.3 Å². The number of amides is 2. The molecule has 0 atom stereocenters. The Bertz CT molecular complexity index is 782. The molecule has 1 heterocycles. The number of carbonyl (C=O) groups excluding carboxylic acids is 2. The molecule has 0 aliphatic heterocycles. The standard InChI is InChI=1S/C20H25N3O3/c1-20(2,3)15-7-5-6-8-16(15)23-19(25)17-13-14(9-10-21-17)18(24)22-11-12-26-4/h5-10,13H,11-12H2,1-4H3,(H,22,24)(H,23,25). The minimum atomic E-state index is -0.353. The van der Waals surface area contributed by atoms with Gasteiger partial charge in [-0.2, -0.15) is 0 Å². The predicted octanol–water partition coefficient (Wildman–Crippen LogP) is 3.01. The third-order valence-corrected chi connectivity index (χ3v) is 3.83. The molecule has 1 aromatic heterocycles. The number of nitrogens with zero attached hydrogens (tertiary/aromatic N) is 1. The van der Waals surface area contributed by atoms with Gasteiger partial charge in [0.2, 0.25) is 0 Å². The molecule has 138 valence electrons. The Morgan fingerprint density at radius 1 is 1.12 bits per heavy atom. The van der Waals surface area contributed by atoms with Crippen molar-refractivity contribution in [3.63, 3.8) is 0 Å². The first-order valence-electron chi connectivity index (χ1n) is 8.47. The molecule has 2 N–H and O–H groups in total. The first-order valence-corrected chi connectivity index (χ1v) is 8.47. The van der Waals surface area contributed by atoms with Crippen molar-refractivity contribution in [2.45, 2.75) is 26.2 Å². The molecule has 2 rings (SSSR count). The molecule has 6 nitrogen and oxygen atoms in total. The topological polar surface area (TPSA) is 80.3 Å². The molecule has 0 saturated heterocycles. The molecule has 1 aromatic carbocycles. The van der Waals surface area contributed by atoms with Crippen LogP contribution in [0.1, 0.15) is 47.2 Å². The van der Waals surface area contributed by atoms with Crippen LogP contribution in [-0.4, -0.2) is 37.1 Å². The molecule has 0 spiro atoms. The lowest BCUT2D eigenvalue weighted by atomic mass is 9.86. The van der Waals surface area contributed by atoms with Crippen LogP contribution in [0, 0.1) is 0 Å². The highest BCUT2D eigenvalue weighted by atomic mass is 16.5. The summed E-state index contributed by atoms with van der Waals surface area (Å²) in [5.41, 5.74) is 2.22. The van der Waals surface area contributed by atoms with Crippen LogP contribution in [-0.2, 0) is 10.2 Å². The highest BCUT2D eigenvalue weighted by Crippen LogP contribution is 2.29. The van der Waals surface area contributed by atoms with Crippen LogP contribution in [0.3, 0.4) is 0 Å². The molecule has 0 bridgehead atoms. The molecule has 6 heteroatoms. The molecule has 2 amide bonds. The van der Waals surface area contributed by atoms with E-state index in [0.717, 1.165) is 11.3 Å². The Balaban J connectivity index is 2.16. The van der Waals surface area contributed by atoms with E-state index in [4.69, 9.17) is 4.74 Å². The van der Waals surface area contributed by atoms with Crippen molar-refractivity contribution in [2.75, 3.05) is 25.6 Å². The quantitative estimate of drug-likeness (QED) is 0.781. The first-order chi connectivity index (χ1) is 12.3. The lowest BCUT2D eigenvalue weighted by Crippen LogP contribution is -2.27. The number of pyridine rings is 1. The number of benzene rings is 1. The van der Waals surface area contributed by atoms with Crippen molar-refractivity contribution >= 4 is 17.5 Å². The van der Waals surface area contributed by atoms with Gasteiger partial charge in [0.25, 0.3) is 11.8 Å². The number of carbonyl (C=O) groups is 2. The second-order valence-electron chi connectivity index (χ2n) is 6.93. The van der Waals surface area contributed by atoms with Crippen molar-refractivity contribution in [1.82, 2.24) is 10.3 Å². The fourth-order valence-corrected chi connectivity index (χ4v) is 2.50. The van der Waals surface area contributed by atoms with Crippen LogP contribution in [0.5, 0.6) is 0 Å². The second-order valence-corrected chi connectivity index (χ2v) is 6.93. The highest BCUT2D eigenvalue weighted by Gasteiger charge is 2.19. The van der Waals surface area contributed by atoms with Crippen molar-refractivity contribution in [2.24, 2.45) is 0 Å². The molecule has 0 fully saturated rings. The number of para-hydroxylation sites is 1. The van der Waals surface area contributed by atoms with Gasteiger partial charge in [-0.15, -0.1) is 0 Å². The zero-order chi connectivity index (χ0) is 19.2. The molecule has 0 saturated carbocycles. The third kappa shape index (κ3) is 5.13. The summed E-state index contributed by atoms with van der Waals surface area (Å²) in [4.78, 5) is 28.8. The van der Waals surface area contributed by atoms with E-state index in [9.17, 15) is 9.59 Å². The Hall–Kier alpha value is -2.73. The summed E-state index contributed by atoms with van der Waals surface area (Å²) >= 11 is 0. The molecule has 0 aliphatic rings. The Morgan fingerprint density at radius 3 is 2.54 bits per heavy atom. The Labute approximate surface area is 154 Å². The molecule has 26 heavy (non-hydrogen) atoms. The van der Waals surface area contributed by atoms with E-state index in [-0.39, 0.29) is 22.9 Å². The average molecular weight is 355 g/mol. The number of methoxy groups -OCH3 is 1. The maximum Gasteiger partial charge on any atom is 0.274 e. The molecular formula is C20H25N3O3. The van der Waals surface area contributed by atoms with E-state index >= 15 is 0 Å². The highest BCUT2D eigenvalue weighted by molar-refractivity contribution is 6.05. The molecule has 0 radical (unpaired) electrons. The first kappa shape index (κ1) is 19.6. The smallest absolute Gasteiger partial charge is 0.274 e. The van der Waals surface area contributed by atoms with Gasteiger partial charge in [0, 0.05) is 31.1 Å². The lowest BCUT2D eigenvalue weighted by Gasteiger charge is -2.22. The van der Waals surface area contributed by atoms with Gasteiger partial charge in [0.1, 0.15) is 5.69 Å². The van der Waals surface area contributed by atoms with E-state index in [1.165, 1.54) is 12.3 Å². The van der Waals surface area contributed by atoms with Gasteiger partial charge < -0.3 is 15.4 Å². The summed E-state index contributed by atoms with van der Waals surface area (Å²) < 4.78 is 4.90. The summed E-state index contributed by atoms with van der Waals surface area (Å²) in [5.74, 6) is -0.623. The largest absolute Gasteiger partial charge is 0.383 e. The van der Waals surface area contributed by atoms with Gasteiger partial charge in [-0.1, -0.05) is 39.0 Å². The van der Waals surface area contributed by atoms with E-state index in [1.54, 1.807) is 13.2 Å². The summed E-state index contributed by atoms with van der Waals surface area (Å²) in [6.07, 6.45) is 1.45. The Morgan fingerprint density at radius 2 is 1.85 bits per heavy atom.